The van der Waals surface area contributed by atoms with E-state index in [1.165, 1.54) is 314 Å². The van der Waals surface area contributed by atoms with Crippen molar-refractivity contribution in [2.75, 3.05) is 0 Å². The molecule has 0 radical (unpaired) electrons. The maximum atomic E-state index is 2.54. The van der Waals surface area contributed by atoms with E-state index in [1.54, 1.807) is 0 Å². The third-order valence-corrected chi connectivity index (χ3v) is 14.4. The Morgan fingerprint density at radius 3 is 0.677 bits per heavy atom. The topological polar surface area (TPSA) is 0 Å². The van der Waals surface area contributed by atoms with Gasteiger partial charge in [-0.25, -0.2) is 4.48 Å². The Bertz CT molecular complexity index is 1010. The van der Waals surface area contributed by atoms with Gasteiger partial charge in [0.05, 0.1) is 0 Å². The molecule has 1 aromatic carbocycles. The minimum Gasteiger partial charge on any atom is -0.242 e. The van der Waals surface area contributed by atoms with Gasteiger partial charge in [0.25, 0.3) is 0 Å². The Balaban J connectivity index is 2.55. The lowest BCUT2D eigenvalue weighted by atomic mass is 10.0. The molecule has 0 aliphatic rings. The summed E-state index contributed by atoms with van der Waals surface area (Å²) < 4.78 is 0.820. The van der Waals surface area contributed by atoms with Crippen LogP contribution in [0.5, 0.6) is 0 Å². The first-order chi connectivity index (χ1) is 32.3. The van der Waals surface area contributed by atoms with Gasteiger partial charge in [-0.15, -0.1) is 0 Å². The molecule has 0 amide bonds. The second-order valence-electron chi connectivity index (χ2n) is 21.0. The molecule has 0 heterocycles. The number of rotatable bonds is 53. The maximum absolute atomic E-state index is 2.54. The van der Waals surface area contributed by atoms with Gasteiger partial charge >= 0.3 is 0 Å². The molecule has 0 aliphatic heterocycles. The Labute approximate surface area is 410 Å². The zero-order valence-corrected chi connectivity index (χ0v) is 44.9. The number of hydrogen-bond donors (Lipinski definition) is 0. The normalized spacial score (nSPS) is 12.3. The summed E-state index contributed by atoms with van der Waals surface area (Å²) in [6.07, 6.45) is 83.2. The lowest BCUT2D eigenvalue weighted by Crippen LogP contribution is -2.30. The van der Waals surface area contributed by atoms with Crippen molar-refractivity contribution in [1.82, 2.24) is 0 Å². The molecule has 0 aliphatic carbocycles. The summed E-state index contributed by atoms with van der Waals surface area (Å²) in [4.78, 5) is 0. The summed E-state index contributed by atoms with van der Waals surface area (Å²) in [5, 5.41) is 0. The van der Waals surface area contributed by atoms with Crippen LogP contribution in [-0.2, 0) is 6.54 Å². The monoisotopic (exact) mass is 901 g/mol. The summed E-state index contributed by atoms with van der Waals surface area (Å²) >= 11 is 0. The standard InChI is InChI=1S/C64H118N/c1-4-7-10-13-16-19-22-25-28-31-34-37-40-43-46-49-55-60-65(63-64-58-53-52-54-59-64,61-56-50-47-44-41-38-35-32-29-26-23-20-17-14-11-8-5-2)62-57-51-48-45-42-39-36-33-30-27-24-21-18-15-12-9-6-3/h52-62H,4-51,63H2,1-3H3/q+1/b60-55-,61-56+,62-57+. The summed E-state index contributed by atoms with van der Waals surface area (Å²) in [6.45, 7) is 7.95. The molecule has 0 fully saturated rings. The van der Waals surface area contributed by atoms with Gasteiger partial charge in [0.1, 0.15) is 25.1 Å². The zero-order valence-electron chi connectivity index (χ0n) is 44.9. The molecule has 65 heavy (non-hydrogen) atoms. The van der Waals surface area contributed by atoms with Crippen molar-refractivity contribution in [1.29, 1.82) is 0 Å². The molecule has 0 saturated heterocycles. The van der Waals surface area contributed by atoms with Crippen LogP contribution in [0.25, 0.3) is 0 Å². The second kappa shape index (κ2) is 51.8. The second-order valence-corrected chi connectivity index (χ2v) is 21.0. The van der Waals surface area contributed by atoms with Crippen LogP contribution in [0.1, 0.15) is 335 Å². The average molecular weight is 902 g/mol. The molecule has 0 bridgehead atoms. The average Bonchev–Trinajstić information content (AvgIpc) is 3.32. The Hall–Kier alpha value is -1.60. The van der Waals surface area contributed by atoms with E-state index < -0.39 is 0 Å². The van der Waals surface area contributed by atoms with Crippen molar-refractivity contribution < 1.29 is 4.48 Å². The minimum absolute atomic E-state index is 0.820. The molecule has 1 aromatic rings. The van der Waals surface area contributed by atoms with Gasteiger partial charge in [-0.05, 0) is 56.8 Å². The molecular weight excluding hydrogens is 783 g/mol. The number of unbranched alkanes of at least 4 members (excludes halogenated alkanes) is 45. The molecule has 0 unspecified atom stereocenters. The molecule has 378 valence electrons. The van der Waals surface area contributed by atoms with Crippen molar-refractivity contribution >= 4 is 0 Å². The Morgan fingerprint density at radius 1 is 0.262 bits per heavy atom. The van der Waals surface area contributed by atoms with Gasteiger partial charge in [-0.3, -0.25) is 0 Å². The van der Waals surface area contributed by atoms with E-state index in [-0.39, 0.29) is 0 Å². The van der Waals surface area contributed by atoms with Crippen LogP contribution in [0, 0.1) is 0 Å². The van der Waals surface area contributed by atoms with Crippen molar-refractivity contribution in [3.05, 3.63) is 72.7 Å². The lowest BCUT2D eigenvalue weighted by molar-refractivity contribution is -0.788. The third-order valence-electron chi connectivity index (χ3n) is 14.4. The fourth-order valence-electron chi connectivity index (χ4n) is 9.92. The number of allylic oxidation sites excluding steroid dienone is 3. The first kappa shape index (κ1) is 61.4. The van der Waals surface area contributed by atoms with E-state index in [0.717, 1.165) is 11.0 Å². The van der Waals surface area contributed by atoms with Crippen LogP contribution in [0.15, 0.2) is 67.2 Å². The van der Waals surface area contributed by atoms with Crippen LogP contribution >= 0.6 is 0 Å². The zero-order chi connectivity index (χ0) is 46.5. The van der Waals surface area contributed by atoms with E-state index in [9.17, 15) is 0 Å². The highest BCUT2D eigenvalue weighted by molar-refractivity contribution is 5.14. The van der Waals surface area contributed by atoms with Crippen LogP contribution in [-0.4, -0.2) is 4.48 Å². The lowest BCUT2D eigenvalue weighted by Gasteiger charge is -2.27. The van der Waals surface area contributed by atoms with Crippen molar-refractivity contribution in [2.45, 2.75) is 336 Å². The van der Waals surface area contributed by atoms with Crippen LogP contribution in [0.4, 0.5) is 0 Å². The van der Waals surface area contributed by atoms with Gasteiger partial charge < -0.3 is 0 Å². The van der Waals surface area contributed by atoms with Crippen LogP contribution in [0.2, 0.25) is 0 Å². The third kappa shape index (κ3) is 44.7. The number of hydrogen-bond acceptors (Lipinski definition) is 0. The maximum Gasteiger partial charge on any atom is 0.117 e. The summed E-state index contributed by atoms with van der Waals surface area (Å²) in [5.74, 6) is 0. The minimum atomic E-state index is 0.820. The van der Waals surface area contributed by atoms with E-state index in [2.05, 4.69) is 87.9 Å². The number of quaternary nitrogens is 1. The summed E-state index contributed by atoms with van der Waals surface area (Å²) in [6, 6.07) is 11.3. The largest absolute Gasteiger partial charge is 0.242 e. The van der Waals surface area contributed by atoms with Gasteiger partial charge in [0, 0.05) is 5.56 Å². The van der Waals surface area contributed by atoms with Crippen molar-refractivity contribution in [2.24, 2.45) is 0 Å². The van der Waals surface area contributed by atoms with E-state index in [4.69, 9.17) is 0 Å². The van der Waals surface area contributed by atoms with Crippen molar-refractivity contribution in [3.8, 4) is 0 Å². The van der Waals surface area contributed by atoms with Crippen LogP contribution in [0.3, 0.4) is 0 Å². The molecule has 1 rings (SSSR count). The molecule has 0 N–H and O–H groups in total. The molecule has 1 heteroatoms. The fourth-order valence-corrected chi connectivity index (χ4v) is 9.92. The van der Waals surface area contributed by atoms with Gasteiger partial charge in [-0.2, -0.15) is 0 Å². The molecule has 0 spiro atoms. The van der Waals surface area contributed by atoms with E-state index >= 15 is 0 Å². The van der Waals surface area contributed by atoms with E-state index in [1.807, 2.05) is 0 Å². The Morgan fingerprint density at radius 2 is 0.462 bits per heavy atom. The van der Waals surface area contributed by atoms with Gasteiger partial charge in [0.15, 0.2) is 0 Å². The quantitative estimate of drug-likeness (QED) is 0.0451. The van der Waals surface area contributed by atoms with E-state index in [0.29, 0.717) is 0 Å². The number of benzene rings is 1. The highest BCUT2D eigenvalue weighted by Gasteiger charge is 2.20. The Kier molecular flexibility index (Phi) is 48.9. The highest BCUT2D eigenvalue weighted by Crippen LogP contribution is 2.23. The predicted octanol–water partition coefficient (Wildman–Crippen LogP) is 23.3. The van der Waals surface area contributed by atoms with Crippen LogP contribution < -0.4 is 0 Å². The number of nitrogens with zero attached hydrogens (tertiary/aromatic N) is 1. The molecule has 0 aromatic heterocycles. The molecule has 1 nitrogen and oxygen atoms in total. The SMILES string of the molecule is CCCCCCCCCCCCCCCCC/C=C\[N+](/C=C/CCCCCCCCCCCCCCCCC)(/C=C/CCCCCCCCCCCCCCCCC)Cc1ccccc1. The highest BCUT2D eigenvalue weighted by atomic mass is 15.3. The van der Waals surface area contributed by atoms with Crippen molar-refractivity contribution in [3.63, 3.8) is 0 Å². The molecule has 0 saturated carbocycles. The first-order valence-electron chi connectivity index (χ1n) is 30.2. The first-order valence-corrected chi connectivity index (χ1v) is 30.2. The summed E-state index contributed by atoms with van der Waals surface area (Å²) in [5.41, 5.74) is 1.43. The fraction of sp³-hybridized carbons (Fsp3) is 0.812. The van der Waals surface area contributed by atoms with Gasteiger partial charge in [0.2, 0.25) is 0 Å². The smallest absolute Gasteiger partial charge is 0.117 e. The van der Waals surface area contributed by atoms with Gasteiger partial charge in [-0.1, -0.05) is 321 Å². The predicted molar refractivity (Wildman–Crippen MR) is 296 cm³/mol. The molecule has 0 atom stereocenters. The molecular formula is C64H118N+. The summed E-state index contributed by atoms with van der Waals surface area (Å²) in [7, 11) is 0.